The van der Waals surface area contributed by atoms with Gasteiger partial charge in [-0.15, -0.1) is 0 Å². The molecule has 0 spiro atoms. The SMILES string of the molecule is O=C1C(Br)N(Br)C(=O)N1Br. The molecule has 7 heteroatoms. The van der Waals surface area contributed by atoms with E-state index in [1.807, 2.05) is 0 Å². The summed E-state index contributed by atoms with van der Waals surface area (Å²) in [7, 11) is 0. The molecule has 0 aromatic heterocycles. The Morgan fingerprint density at radius 1 is 1.30 bits per heavy atom. The summed E-state index contributed by atoms with van der Waals surface area (Å²) in [5, 5.41) is 0. The highest BCUT2D eigenvalue weighted by Crippen LogP contribution is 2.27. The van der Waals surface area contributed by atoms with Gasteiger partial charge in [0, 0.05) is 0 Å². The molecular formula is C3HBr3N2O2. The highest BCUT2D eigenvalue weighted by atomic mass is 79.9. The minimum absolute atomic E-state index is 0.345. The van der Waals surface area contributed by atoms with Gasteiger partial charge in [-0.05, 0) is 0 Å². The van der Waals surface area contributed by atoms with E-state index in [2.05, 4.69) is 48.2 Å². The summed E-state index contributed by atoms with van der Waals surface area (Å²) in [5.41, 5.74) is 0. The molecule has 1 unspecified atom stereocenters. The molecule has 1 rings (SSSR count). The molecule has 0 bridgehead atoms. The molecule has 0 saturated carbocycles. The van der Waals surface area contributed by atoms with Crippen LogP contribution in [-0.2, 0) is 4.79 Å². The van der Waals surface area contributed by atoms with Crippen LogP contribution >= 0.6 is 48.2 Å². The van der Waals surface area contributed by atoms with Crippen molar-refractivity contribution in [1.82, 2.24) is 7.85 Å². The molecule has 0 N–H and O–H groups in total. The Morgan fingerprint density at radius 3 is 1.90 bits per heavy atom. The third-order valence-corrected chi connectivity index (χ3v) is 3.66. The topological polar surface area (TPSA) is 40.6 Å². The van der Waals surface area contributed by atoms with E-state index in [9.17, 15) is 9.59 Å². The molecule has 1 fully saturated rings. The molecule has 0 aromatic rings. The van der Waals surface area contributed by atoms with Gasteiger partial charge in [0.05, 0.1) is 32.3 Å². The third-order valence-electron chi connectivity index (χ3n) is 0.947. The van der Waals surface area contributed by atoms with Gasteiger partial charge in [-0.1, -0.05) is 15.9 Å². The number of hydrogen-bond acceptors (Lipinski definition) is 2. The first-order valence-electron chi connectivity index (χ1n) is 2.18. The fourth-order valence-corrected chi connectivity index (χ4v) is 2.03. The van der Waals surface area contributed by atoms with Gasteiger partial charge in [0.15, 0.2) is 4.95 Å². The Kier molecular flexibility index (Phi) is 2.36. The van der Waals surface area contributed by atoms with Gasteiger partial charge >= 0.3 is 6.03 Å². The fourth-order valence-electron chi connectivity index (χ4n) is 0.466. The second-order valence-electron chi connectivity index (χ2n) is 1.55. The standard InChI is InChI=1S/C3HBr3N2O2/c4-1-2(9)8(6)3(10)7(1)5/h1H. The van der Waals surface area contributed by atoms with Gasteiger partial charge in [0.1, 0.15) is 0 Å². The highest BCUT2D eigenvalue weighted by molar-refractivity contribution is 9.11. The van der Waals surface area contributed by atoms with Crippen molar-refractivity contribution in [3.8, 4) is 0 Å². The summed E-state index contributed by atoms with van der Waals surface area (Å²) >= 11 is 8.66. The smallest absolute Gasteiger partial charge is 0.270 e. The van der Waals surface area contributed by atoms with E-state index in [0.717, 1.165) is 7.85 Å². The van der Waals surface area contributed by atoms with Crippen molar-refractivity contribution in [2.45, 2.75) is 4.95 Å². The zero-order valence-corrected chi connectivity index (χ0v) is 9.18. The first kappa shape index (κ1) is 8.48. The van der Waals surface area contributed by atoms with E-state index in [1.165, 1.54) is 0 Å². The van der Waals surface area contributed by atoms with Crippen LogP contribution in [-0.4, -0.2) is 24.7 Å². The van der Waals surface area contributed by atoms with Crippen molar-refractivity contribution >= 4 is 60.2 Å². The molecule has 1 saturated heterocycles. The molecule has 10 heavy (non-hydrogen) atoms. The molecular weight excluding hydrogens is 336 g/mol. The van der Waals surface area contributed by atoms with Crippen molar-refractivity contribution in [2.24, 2.45) is 0 Å². The van der Waals surface area contributed by atoms with E-state index in [0.29, 0.717) is 0 Å². The second-order valence-corrected chi connectivity index (χ2v) is 3.89. The van der Waals surface area contributed by atoms with E-state index in [1.54, 1.807) is 0 Å². The summed E-state index contributed by atoms with van der Waals surface area (Å²) in [6, 6.07) is -0.438. The first-order valence-corrected chi connectivity index (χ1v) is 4.52. The van der Waals surface area contributed by atoms with Crippen LogP contribution in [0.5, 0.6) is 0 Å². The normalized spacial score (nSPS) is 26.5. The molecule has 56 valence electrons. The molecule has 0 radical (unpaired) electrons. The molecule has 1 aliphatic heterocycles. The zero-order valence-electron chi connectivity index (χ0n) is 4.42. The fraction of sp³-hybridized carbons (Fsp3) is 0.333. The van der Waals surface area contributed by atoms with Gasteiger partial charge in [0.25, 0.3) is 5.91 Å². The van der Waals surface area contributed by atoms with E-state index >= 15 is 0 Å². The maximum Gasteiger partial charge on any atom is 0.348 e. The number of imide groups is 1. The summed E-state index contributed by atoms with van der Waals surface area (Å²) in [6.07, 6.45) is 0. The zero-order chi connectivity index (χ0) is 7.89. The van der Waals surface area contributed by atoms with Crippen LogP contribution in [0, 0.1) is 0 Å². The number of alkyl halides is 1. The molecule has 0 aliphatic carbocycles. The number of amides is 3. The van der Waals surface area contributed by atoms with Crippen LogP contribution in [0.2, 0.25) is 0 Å². The minimum Gasteiger partial charge on any atom is -0.270 e. The second kappa shape index (κ2) is 2.78. The van der Waals surface area contributed by atoms with E-state index < -0.39 is 11.0 Å². The Morgan fingerprint density at radius 2 is 1.80 bits per heavy atom. The lowest BCUT2D eigenvalue weighted by Gasteiger charge is -2.03. The average Bonchev–Trinajstić information content (AvgIpc) is 2.07. The number of hydrogen-bond donors (Lipinski definition) is 0. The van der Waals surface area contributed by atoms with Crippen LogP contribution in [0.1, 0.15) is 0 Å². The van der Waals surface area contributed by atoms with Crippen LogP contribution in [0.25, 0.3) is 0 Å². The number of nitrogens with zero attached hydrogens (tertiary/aromatic N) is 2. The van der Waals surface area contributed by atoms with Crippen LogP contribution in [0.15, 0.2) is 0 Å². The van der Waals surface area contributed by atoms with Crippen molar-refractivity contribution < 1.29 is 9.59 Å². The molecule has 3 amide bonds. The van der Waals surface area contributed by atoms with Crippen molar-refractivity contribution in [1.29, 1.82) is 0 Å². The lowest BCUT2D eigenvalue weighted by atomic mass is 10.7. The summed E-state index contributed by atoms with van der Waals surface area (Å²) in [6.45, 7) is 0. The lowest BCUT2D eigenvalue weighted by Crippen LogP contribution is -2.19. The molecule has 0 aromatic carbocycles. The number of carbonyl (C=O) groups excluding carboxylic acids is 2. The third kappa shape index (κ3) is 1.10. The van der Waals surface area contributed by atoms with Gasteiger partial charge in [-0.2, -0.15) is 3.93 Å². The molecule has 1 aliphatic rings. The number of halogens is 3. The molecule has 1 atom stereocenters. The van der Waals surface area contributed by atoms with Gasteiger partial charge in [-0.3, -0.25) is 4.79 Å². The maximum absolute atomic E-state index is 10.9. The van der Waals surface area contributed by atoms with Crippen molar-refractivity contribution in [2.75, 3.05) is 0 Å². The minimum atomic E-state index is -0.612. The lowest BCUT2D eigenvalue weighted by molar-refractivity contribution is -0.122. The Hall–Kier alpha value is 0.380. The van der Waals surface area contributed by atoms with Gasteiger partial charge in [0.2, 0.25) is 0 Å². The Balaban J connectivity index is 2.89. The largest absolute Gasteiger partial charge is 0.348 e. The Labute approximate surface area is 82.3 Å². The highest BCUT2D eigenvalue weighted by Gasteiger charge is 2.41. The van der Waals surface area contributed by atoms with E-state index in [-0.39, 0.29) is 5.91 Å². The molecule has 4 nitrogen and oxygen atoms in total. The predicted molar refractivity (Wildman–Crippen MR) is 44.6 cm³/mol. The average molecular weight is 337 g/mol. The quantitative estimate of drug-likeness (QED) is 0.292. The first-order chi connectivity index (χ1) is 4.55. The monoisotopic (exact) mass is 334 g/mol. The van der Waals surface area contributed by atoms with Crippen LogP contribution < -0.4 is 0 Å². The van der Waals surface area contributed by atoms with Crippen LogP contribution in [0.4, 0.5) is 4.79 Å². The van der Waals surface area contributed by atoms with Gasteiger partial charge < -0.3 is 0 Å². The number of carbonyl (C=O) groups is 2. The van der Waals surface area contributed by atoms with Crippen molar-refractivity contribution in [3.63, 3.8) is 0 Å². The predicted octanol–water partition coefficient (Wildman–Crippen LogP) is 1.59. The van der Waals surface area contributed by atoms with E-state index in [4.69, 9.17) is 0 Å². The summed E-state index contributed by atoms with van der Waals surface area (Å²) < 4.78 is 1.95. The van der Waals surface area contributed by atoms with Crippen molar-refractivity contribution in [3.05, 3.63) is 0 Å². The van der Waals surface area contributed by atoms with Gasteiger partial charge in [-0.25, -0.2) is 8.72 Å². The molecule has 1 heterocycles. The Bertz CT molecular complexity index is 176. The summed E-state index contributed by atoms with van der Waals surface area (Å²) in [5.74, 6) is -0.345. The number of rotatable bonds is 0. The van der Waals surface area contributed by atoms with Crippen LogP contribution in [0.3, 0.4) is 0 Å². The summed E-state index contributed by atoms with van der Waals surface area (Å²) in [4.78, 5) is 21.1. The number of urea groups is 1. The maximum atomic E-state index is 10.9.